The molecule has 100 valence electrons. The van der Waals surface area contributed by atoms with Gasteiger partial charge in [0.2, 0.25) is 5.91 Å². The second kappa shape index (κ2) is 6.36. The Labute approximate surface area is 105 Å². The first-order chi connectivity index (χ1) is 8.01. The second-order valence-electron chi connectivity index (χ2n) is 5.32. The molecule has 4 nitrogen and oxygen atoms in total. The van der Waals surface area contributed by atoms with Gasteiger partial charge < -0.3 is 9.64 Å². The molecule has 17 heavy (non-hydrogen) atoms. The largest absolute Gasteiger partial charge is 0.383 e. The maximum Gasteiger partial charge on any atom is 0.241 e. The number of methoxy groups -OCH3 is 1. The van der Waals surface area contributed by atoms with E-state index in [4.69, 9.17) is 4.74 Å². The lowest BCUT2D eigenvalue weighted by atomic mass is 10.1. The Morgan fingerprint density at radius 3 is 2.53 bits per heavy atom. The summed E-state index contributed by atoms with van der Waals surface area (Å²) in [5.41, 5.74) is 0. The van der Waals surface area contributed by atoms with E-state index in [-0.39, 0.29) is 24.2 Å². The van der Waals surface area contributed by atoms with E-state index in [0.29, 0.717) is 12.5 Å². The third-order valence-corrected chi connectivity index (χ3v) is 3.27. The van der Waals surface area contributed by atoms with Crippen molar-refractivity contribution in [2.75, 3.05) is 13.7 Å². The van der Waals surface area contributed by atoms with E-state index in [9.17, 15) is 4.79 Å². The topological polar surface area (TPSA) is 41.6 Å². The molecule has 1 N–H and O–H groups in total. The average Bonchev–Trinajstić information content (AvgIpc) is 2.54. The first-order valence-corrected chi connectivity index (χ1v) is 6.58. The molecule has 1 saturated heterocycles. The summed E-state index contributed by atoms with van der Waals surface area (Å²) in [6, 6.07) is 0.123. The summed E-state index contributed by atoms with van der Waals surface area (Å²) in [5, 5.41) is 3.43. The van der Waals surface area contributed by atoms with Crippen LogP contribution in [0.1, 0.15) is 40.5 Å². The molecule has 1 rings (SSSR count). The first kappa shape index (κ1) is 14.5. The summed E-state index contributed by atoms with van der Waals surface area (Å²) in [7, 11) is 1.68. The van der Waals surface area contributed by atoms with Crippen molar-refractivity contribution in [1.82, 2.24) is 10.2 Å². The van der Waals surface area contributed by atoms with E-state index in [1.54, 1.807) is 7.11 Å². The lowest BCUT2D eigenvalue weighted by molar-refractivity contribution is -0.133. The molecule has 0 radical (unpaired) electrons. The lowest BCUT2D eigenvalue weighted by Crippen LogP contribution is -2.45. The minimum absolute atomic E-state index is 0.0157. The zero-order valence-corrected chi connectivity index (χ0v) is 11.7. The van der Waals surface area contributed by atoms with Gasteiger partial charge in [-0.1, -0.05) is 20.8 Å². The van der Waals surface area contributed by atoms with Crippen LogP contribution in [0.4, 0.5) is 0 Å². The van der Waals surface area contributed by atoms with Gasteiger partial charge in [0.1, 0.15) is 0 Å². The van der Waals surface area contributed by atoms with Gasteiger partial charge >= 0.3 is 0 Å². The fraction of sp³-hybridized carbons (Fsp3) is 0.923. The zero-order valence-electron chi connectivity index (χ0n) is 11.7. The summed E-state index contributed by atoms with van der Waals surface area (Å²) < 4.78 is 5.16. The molecule has 1 heterocycles. The number of nitrogens with zero attached hydrogens (tertiary/aromatic N) is 1. The Bertz CT molecular complexity index is 256. The summed E-state index contributed by atoms with van der Waals surface area (Å²) in [6.07, 6.45) is 2.01. The molecule has 1 amide bonds. The molecule has 1 aliphatic heterocycles. The van der Waals surface area contributed by atoms with Crippen molar-refractivity contribution < 1.29 is 9.53 Å². The van der Waals surface area contributed by atoms with Crippen LogP contribution in [0.2, 0.25) is 0 Å². The molecular formula is C13H26N2O2. The summed E-state index contributed by atoms with van der Waals surface area (Å²) in [4.78, 5) is 14.2. The number of carbonyl (C=O) groups excluding carboxylic acids is 1. The quantitative estimate of drug-likeness (QED) is 0.769. The molecule has 0 aliphatic carbocycles. The van der Waals surface area contributed by atoms with Crippen LogP contribution in [0.25, 0.3) is 0 Å². The Balaban J connectivity index is 2.75. The highest BCUT2D eigenvalue weighted by Crippen LogP contribution is 2.21. The Hall–Kier alpha value is -0.610. The highest BCUT2D eigenvalue weighted by atomic mass is 16.5. The van der Waals surface area contributed by atoms with Gasteiger partial charge in [-0.25, -0.2) is 0 Å². The van der Waals surface area contributed by atoms with Gasteiger partial charge in [-0.3, -0.25) is 10.1 Å². The molecule has 0 bridgehead atoms. The van der Waals surface area contributed by atoms with Gasteiger partial charge in [0.25, 0.3) is 0 Å². The van der Waals surface area contributed by atoms with E-state index in [2.05, 4.69) is 26.1 Å². The van der Waals surface area contributed by atoms with Gasteiger partial charge in [0, 0.05) is 7.11 Å². The summed E-state index contributed by atoms with van der Waals surface area (Å²) in [5.74, 6) is 0.802. The number of hydrogen-bond donors (Lipinski definition) is 1. The minimum Gasteiger partial charge on any atom is -0.383 e. The van der Waals surface area contributed by atoms with E-state index >= 15 is 0 Å². The third kappa shape index (κ3) is 3.42. The molecule has 4 heteroatoms. The van der Waals surface area contributed by atoms with Crippen molar-refractivity contribution in [1.29, 1.82) is 0 Å². The van der Waals surface area contributed by atoms with Crippen LogP contribution in [0.5, 0.6) is 0 Å². The highest BCUT2D eigenvalue weighted by Gasteiger charge is 2.40. The highest BCUT2D eigenvalue weighted by molar-refractivity contribution is 5.84. The van der Waals surface area contributed by atoms with Crippen molar-refractivity contribution >= 4 is 5.91 Å². The number of ether oxygens (including phenoxy) is 1. The molecule has 3 atom stereocenters. The Morgan fingerprint density at radius 2 is 2.06 bits per heavy atom. The van der Waals surface area contributed by atoms with Gasteiger partial charge in [-0.05, 0) is 25.7 Å². The molecule has 0 aromatic rings. The Morgan fingerprint density at radius 1 is 1.41 bits per heavy atom. The van der Waals surface area contributed by atoms with Crippen molar-refractivity contribution in [2.24, 2.45) is 5.92 Å². The predicted octanol–water partition coefficient (Wildman–Crippen LogP) is 1.60. The Kier molecular flexibility index (Phi) is 5.40. The molecule has 1 aliphatic rings. The van der Waals surface area contributed by atoms with Crippen LogP contribution in [-0.2, 0) is 9.53 Å². The van der Waals surface area contributed by atoms with Crippen molar-refractivity contribution in [3.8, 4) is 0 Å². The van der Waals surface area contributed by atoms with Crippen LogP contribution < -0.4 is 5.32 Å². The normalized spacial score (nSPS) is 26.9. The van der Waals surface area contributed by atoms with Crippen LogP contribution in [0.15, 0.2) is 0 Å². The maximum absolute atomic E-state index is 12.3. The molecular weight excluding hydrogens is 216 g/mol. The third-order valence-electron chi connectivity index (χ3n) is 3.27. The van der Waals surface area contributed by atoms with E-state index < -0.39 is 0 Å². The minimum atomic E-state index is -0.0157. The fourth-order valence-electron chi connectivity index (χ4n) is 2.48. The maximum atomic E-state index is 12.3. The van der Waals surface area contributed by atoms with Crippen LogP contribution >= 0.6 is 0 Å². The van der Waals surface area contributed by atoms with Crippen molar-refractivity contribution in [2.45, 2.75) is 58.8 Å². The molecule has 3 unspecified atom stereocenters. The smallest absolute Gasteiger partial charge is 0.241 e. The monoisotopic (exact) mass is 242 g/mol. The molecule has 0 saturated carbocycles. The number of hydrogen-bond acceptors (Lipinski definition) is 3. The van der Waals surface area contributed by atoms with E-state index in [1.807, 2.05) is 11.8 Å². The SMILES string of the molecule is CCC1NC(CC(C)C)N(C(C)COC)C1=O. The van der Waals surface area contributed by atoms with Crippen molar-refractivity contribution in [3.63, 3.8) is 0 Å². The van der Waals surface area contributed by atoms with Crippen LogP contribution in [0, 0.1) is 5.92 Å². The van der Waals surface area contributed by atoms with Gasteiger partial charge in [-0.2, -0.15) is 0 Å². The number of carbonyl (C=O) groups is 1. The van der Waals surface area contributed by atoms with Crippen LogP contribution in [0.3, 0.4) is 0 Å². The fourth-order valence-corrected chi connectivity index (χ4v) is 2.48. The van der Waals surface area contributed by atoms with Crippen molar-refractivity contribution in [3.05, 3.63) is 0 Å². The zero-order chi connectivity index (χ0) is 13.0. The van der Waals surface area contributed by atoms with Gasteiger partial charge in [-0.15, -0.1) is 0 Å². The molecule has 1 fully saturated rings. The molecule has 0 aromatic carbocycles. The predicted molar refractivity (Wildman–Crippen MR) is 68.6 cm³/mol. The number of rotatable bonds is 6. The second-order valence-corrected chi connectivity index (χ2v) is 5.32. The molecule has 0 spiro atoms. The number of amides is 1. The number of nitrogens with one attached hydrogen (secondary N) is 1. The molecule has 0 aromatic heterocycles. The summed E-state index contributed by atoms with van der Waals surface area (Å²) >= 11 is 0. The average molecular weight is 242 g/mol. The van der Waals surface area contributed by atoms with E-state index in [1.165, 1.54) is 0 Å². The van der Waals surface area contributed by atoms with E-state index in [0.717, 1.165) is 12.8 Å². The lowest BCUT2D eigenvalue weighted by Gasteiger charge is -2.30. The summed E-state index contributed by atoms with van der Waals surface area (Å²) in [6.45, 7) is 9.06. The first-order valence-electron chi connectivity index (χ1n) is 6.58. The van der Waals surface area contributed by atoms with Gasteiger partial charge in [0.15, 0.2) is 0 Å². The van der Waals surface area contributed by atoms with Crippen LogP contribution in [-0.4, -0.2) is 42.8 Å². The standard InChI is InChI=1S/C13H26N2O2/c1-6-11-13(16)15(10(4)8-17-5)12(14-11)7-9(2)3/h9-12,14H,6-8H2,1-5H3. The van der Waals surface area contributed by atoms with Gasteiger partial charge in [0.05, 0.1) is 24.9 Å².